The van der Waals surface area contributed by atoms with Crippen molar-refractivity contribution >= 4 is 0 Å². The predicted molar refractivity (Wildman–Crippen MR) is 161 cm³/mol. The van der Waals surface area contributed by atoms with Crippen LogP contribution < -0.4 is 4.74 Å². The number of rotatable bonds is 14. The number of hydrogen-bond donors (Lipinski definition) is 2. The Labute approximate surface area is 269 Å². The maximum atomic E-state index is 13.3. The van der Waals surface area contributed by atoms with Crippen molar-refractivity contribution in [3.63, 3.8) is 0 Å². The van der Waals surface area contributed by atoms with Crippen molar-refractivity contribution in [2.45, 2.75) is 120 Å². The van der Waals surface area contributed by atoms with Gasteiger partial charge in [-0.3, -0.25) is 0 Å². The number of aliphatic hydroxyl groups excluding tert-OH is 2. The van der Waals surface area contributed by atoms with Crippen LogP contribution in [0.2, 0.25) is 0 Å². The molecule has 0 radical (unpaired) electrons. The standard InChI is InChI=1S/C34H49F3O9/c35-34(36,37)23-8-7-9-25(18-23)43-22-26(44-31-10-1-4-15-40-31)13-14-27-28(19-24(39)21-38)30(46-33-12-3-6-17-42-33)20-29(27)45-32-11-2-5-16-41-32/h7-9,13-14,18,24,26-33,38-39H,1-6,10-12,15-17,19-22H2/b14-13+/t24?,26-,27-,28-,29-,30+,31?,32?,33?/m1/s1. The molecule has 1 aromatic rings. The van der Waals surface area contributed by atoms with E-state index in [0.717, 1.165) is 63.5 Å². The van der Waals surface area contributed by atoms with Crippen LogP contribution in [-0.4, -0.2) is 86.5 Å². The van der Waals surface area contributed by atoms with Crippen LogP contribution in [0.4, 0.5) is 13.2 Å². The molecule has 260 valence electrons. The molecule has 1 saturated carbocycles. The summed E-state index contributed by atoms with van der Waals surface area (Å²) in [4.78, 5) is 0. The molecule has 0 bridgehead atoms. The van der Waals surface area contributed by atoms with Crippen LogP contribution in [0, 0.1) is 11.8 Å². The predicted octanol–water partition coefficient (Wildman–Crippen LogP) is 5.76. The molecule has 5 rings (SSSR count). The van der Waals surface area contributed by atoms with E-state index >= 15 is 0 Å². The van der Waals surface area contributed by atoms with Crippen molar-refractivity contribution < 1.29 is 56.5 Å². The zero-order chi connectivity index (χ0) is 32.4. The SMILES string of the molecule is OCC(O)C[C@@H]1[C@@H](/C=C/[C@H](COc2cccc(C(F)(F)F)c2)OC2CCCCO2)[C@H](OC2CCCCO2)C[C@@H]1OC1CCCCO1. The van der Waals surface area contributed by atoms with Gasteiger partial charge in [-0.25, -0.2) is 0 Å². The van der Waals surface area contributed by atoms with Gasteiger partial charge in [-0.05, 0) is 88.3 Å². The van der Waals surface area contributed by atoms with Crippen molar-refractivity contribution in [1.82, 2.24) is 0 Å². The van der Waals surface area contributed by atoms with Crippen LogP contribution in [0.5, 0.6) is 5.75 Å². The van der Waals surface area contributed by atoms with Crippen LogP contribution in [0.25, 0.3) is 0 Å². The summed E-state index contributed by atoms with van der Waals surface area (Å²) in [6.45, 7) is 1.41. The highest BCUT2D eigenvalue weighted by Gasteiger charge is 2.46. The third kappa shape index (κ3) is 10.6. The average Bonchev–Trinajstić information content (AvgIpc) is 3.37. The van der Waals surface area contributed by atoms with Crippen molar-refractivity contribution in [3.8, 4) is 5.75 Å². The summed E-state index contributed by atoms with van der Waals surface area (Å²) in [7, 11) is 0. The first-order chi connectivity index (χ1) is 22.3. The van der Waals surface area contributed by atoms with Gasteiger partial charge in [0, 0.05) is 32.2 Å². The average molecular weight is 659 g/mol. The van der Waals surface area contributed by atoms with E-state index in [9.17, 15) is 23.4 Å². The lowest BCUT2D eigenvalue weighted by Crippen LogP contribution is -2.34. The van der Waals surface area contributed by atoms with Gasteiger partial charge in [0.15, 0.2) is 18.9 Å². The van der Waals surface area contributed by atoms with Gasteiger partial charge in [0.25, 0.3) is 0 Å². The molecule has 1 aromatic carbocycles. The Bertz CT molecular complexity index is 1050. The first kappa shape index (κ1) is 35.5. The van der Waals surface area contributed by atoms with Gasteiger partial charge in [-0.1, -0.05) is 18.2 Å². The van der Waals surface area contributed by atoms with Gasteiger partial charge in [0.1, 0.15) is 18.5 Å². The highest BCUT2D eigenvalue weighted by Crippen LogP contribution is 2.42. The van der Waals surface area contributed by atoms with E-state index in [0.29, 0.717) is 32.7 Å². The topological polar surface area (TPSA) is 105 Å². The van der Waals surface area contributed by atoms with Gasteiger partial charge in [-0.2, -0.15) is 13.2 Å². The fourth-order valence-corrected chi connectivity index (χ4v) is 6.72. The second-order valence-electron chi connectivity index (χ2n) is 12.7. The van der Waals surface area contributed by atoms with Crippen molar-refractivity contribution in [2.24, 2.45) is 11.8 Å². The summed E-state index contributed by atoms with van der Waals surface area (Å²) < 4.78 is 82.8. The Morgan fingerprint density at radius 1 is 0.870 bits per heavy atom. The molecule has 3 aliphatic heterocycles. The lowest BCUT2D eigenvalue weighted by atomic mass is 9.87. The highest BCUT2D eigenvalue weighted by atomic mass is 19.4. The molecule has 1 aliphatic carbocycles. The number of hydrogen-bond acceptors (Lipinski definition) is 9. The maximum absolute atomic E-state index is 13.3. The van der Waals surface area contributed by atoms with Gasteiger partial charge in [0.05, 0.1) is 30.5 Å². The maximum Gasteiger partial charge on any atom is 0.416 e. The van der Waals surface area contributed by atoms with E-state index in [-0.39, 0.29) is 62.0 Å². The van der Waals surface area contributed by atoms with E-state index in [1.165, 1.54) is 12.1 Å². The molecule has 3 heterocycles. The smallest absolute Gasteiger partial charge is 0.416 e. The lowest BCUT2D eigenvalue weighted by Gasteiger charge is -2.31. The monoisotopic (exact) mass is 658 g/mol. The quantitative estimate of drug-likeness (QED) is 0.242. The van der Waals surface area contributed by atoms with Gasteiger partial charge in [-0.15, -0.1) is 0 Å². The summed E-state index contributed by atoms with van der Waals surface area (Å²) in [5, 5.41) is 20.3. The van der Waals surface area contributed by atoms with Crippen molar-refractivity contribution in [3.05, 3.63) is 42.0 Å². The molecule has 4 fully saturated rings. The van der Waals surface area contributed by atoms with Gasteiger partial charge < -0.3 is 43.4 Å². The summed E-state index contributed by atoms with van der Waals surface area (Å²) >= 11 is 0. The summed E-state index contributed by atoms with van der Waals surface area (Å²) in [6, 6.07) is 4.78. The Hall–Kier alpha value is -1.77. The molecule has 0 aromatic heterocycles. The van der Waals surface area contributed by atoms with Crippen LogP contribution in [0.1, 0.15) is 76.2 Å². The summed E-state index contributed by atoms with van der Waals surface area (Å²) in [6.07, 6.45) is 4.96. The third-order valence-corrected chi connectivity index (χ3v) is 9.14. The van der Waals surface area contributed by atoms with E-state index in [4.69, 9.17) is 33.2 Å². The second-order valence-corrected chi connectivity index (χ2v) is 12.7. The number of alkyl halides is 3. The van der Waals surface area contributed by atoms with Gasteiger partial charge >= 0.3 is 6.18 Å². The van der Waals surface area contributed by atoms with Crippen molar-refractivity contribution in [2.75, 3.05) is 33.0 Å². The Balaban J connectivity index is 1.36. The molecular weight excluding hydrogens is 609 g/mol. The molecule has 2 N–H and O–H groups in total. The molecule has 9 atom stereocenters. The Morgan fingerprint density at radius 3 is 2.09 bits per heavy atom. The second kappa shape index (κ2) is 17.6. The van der Waals surface area contributed by atoms with Crippen molar-refractivity contribution in [1.29, 1.82) is 0 Å². The molecule has 4 aliphatic rings. The Morgan fingerprint density at radius 2 is 1.50 bits per heavy atom. The summed E-state index contributed by atoms with van der Waals surface area (Å²) in [5.74, 6) is -0.372. The van der Waals surface area contributed by atoms with Gasteiger partial charge in [0.2, 0.25) is 0 Å². The summed E-state index contributed by atoms with van der Waals surface area (Å²) in [5.41, 5.74) is -0.789. The van der Waals surface area contributed by atoms with Crippen LogP contribution in [0.15, 0.2) is 36.4 Å². The zero-order valence-corrected chi connectivity index (χ0v) is 26.4. The van der Waals surface area contributed by atoms with Crippen LogP contribution in [-0.2, 0) is 34.6 Å². The Kier molecular flexibility index (Phi) is 13.6. The van der Waals surface area contributed by atoms with E-state index in [2.05, 4.69) is 0 Å². The molecule has 4 unspecified atom stereocenters. The minimum Gasteiger partial charge on any atom is -0.491 e. The van der Waals surface area contributed by atoms with Crippen LogP contribution >= 0.6 is 0 Å². The largest absolute Gasteiger partial charge is 0.491 e. The molecule has 9 nitrogen and oxygen atoms in total. The number of ether oxygens (including phenoxy) is 7. The van der Waals surface area contributed by atoms with E-state index < -0.39 is 30.2 Å². The third-order valence-electron chi connectivity index (χ3n) is 9.14. The molecule has 3 saturated heterocycles. The fraction of sp³-hybridized carbons (Fsp3) is 0.765. The zero-order valence-electron chi connectivity index (χ0n) is 26.4. The first-order valence-electron chi connectivity index (χ1n) is 16.9. The molecular formula is C34H49F3O9. The minimum absolute atomic E-state index is 0.0403. The lowest BCUT2D eigenvalue weighted by molar-refractivity contribution is -0.204. The highest BCUT2D eigenvalue weighted by molar-refractivity contribution is 5.30. The fourth-order valence-electron chi connectivity index (χ4n) is 6.72. The number of benzene rings is 1. The van der Waals surface area contributed by atoms with E-state index in [1.807, 2.05) is 12.2 Å². The molecule has 0 spiro atoms. The molecule has 12 heteroatoms. The first-order valence-corrected chi connectivity index (χ1v) is 16.9. The number of aliphatic hydroxyl groups is 2. The normalized spacial score (nSPS) is 32.4. The van der Waals surface area contributed by atoms with E-state index in [1.54, 1.807) is 0 Å². The molecule has 46 heavy (non-hydrogen) atoms. The van der Waals surface area contributed by atoms with Crippen LogP contribution in [0.3, 0.4) is 0 Å². The molecule has 0 amide bonds. The minimum atomic E-state index is -4.49. The number of halogens is 3.